The zero-order valence-corrected chi connectivity index (χ0v) is 9.28. The van der Waals surface area contributed by atoms with Gasteiger partial charge >= 0.3 is 0 Å². The summed E-state index contributed by atoms with van der Waals surface area (Å²) in [5, 5.41) is 7.49. The van der Waals surface area contributed by atoms with Gasteiger partial charge in [-0.25, -0.2) is 0 Å². The molecule has 2 rings (SSSR count). The van der Waals surface area contributed by atoms with E-state index in [4.69, 9.17) is 4.42 Å². The molecule has 4 heteroatoms. The minimum atomic E-state index is 0.649. The quantitative estimate of drug-likeness (QED) is 0.825. The molecule has 0 atom stereocenters. The third-order valence-electron chi connectivity index (χ3n) is 2.05. The molecule has 0 aliphatic rings. The molecule has 72 valence electrons. The van der Waals surface area contributed by atoms with Gasteiger partial charge in [-0.05, 0) is 30.2 Å². The van der Waals surface area contributed by atoms with E-state index in [1.807, 2.05) is 6.07 Å². The van der Waals surface area contributed by atoms with Crippen LogP contribution in [0.4, 0.5) is 0 Å². The molecule has 1 aromatic carbocycles. The van der Waals surface area contributed by atoms with E-state index in [9.17, 15) is 0 Å². The molecule has 0 unspecified atom stereocenters. The summed E-state index contributed by atoms with van der Waals surface area (Å²) in [7, 11) is 0. The van der Waals surface area contributed by atoms with Crippen LogP contribution >= 0.6 is 15.9 Å². The fourth-order valence-corrected chi connectivity index (χ4v) is 1.77. The number of aryl methyl sites for hydroxylation is 1. The van der Waals surface area contributed by atoms with E-state index in [2.05, 4.69) is 45.2 Å². The normalized spacial score (nSPS) is 10.4. The summed E-state index contributed by atoms with van der Waals surface area (Å²) in [4.78, 5) is 0. The lowest BCUT2D eigenvalue weighted by Gasteiger charge is -2.02. The summed E-state index contributed by atoms with van der Waals surface area (Å²) >= 11 is 3.42. The van der Waals surface area contributed by atoms with Crippen molar-refractivity contribution in [1.82, 2.24) is 10.2 Å². The highest BCUT2D eigenvalue weighted by Gasteiger charge is 2.04. The third kappa shape index (κ3) is 2.01. The number of rotatable bonds is 2. The summed E-state index contributed by atoms with van der Waals surface area (Å²) < 4.78 is 6.18. The summed E-state index contributed by atoms with van der Waals surface area (Å²) in [6, 6.07) is 6.15. The van der Waals surface area contributed by atoms with E-state index in [-0.39, 0.29) is 0 Å². The average molecular weight is 253 g/mol. The second kappa shape index (κ2) is 3.92. The van der Waals surface area contributed by atoms with Crippen LogP contribution in [0, 0.1) is 6.92 Å². The Morgan fingerprint density at radius 3 is 2.93 bits per heavy atom. The van der Waals surface area contributed by atoms with Gasteiger partial charge in [0.25, 0.3) is 0 Å². The molecular formula is C10H9BrN2O. The Morgan fingerprint density at radius 1 is 1.43 bits per heavy atom. The van der Waals surface area contributed by atoms with Crippen LogP contribution in [0.25, 0.3) is 0 Å². The lowest BCUT2D eigenvalue weighted by molar-refractivity contribution is 0.504. The predicted molar refractivity (Wildman–Crippen MR) is 56.0 cm³/mol. The van der Waals surface area contributed by atoms with Gasteiger partial charge in [-0.1, -0.05) is 22.0 Å². The molecule has 2 aromatic rings. The first kappa shape index (κ1) is 9.40. The number of nitrogens with zero attached hydrogens (tertiary/aromatic N) is 2. The zero-order valence-electron chi connectivity index (χ0n) is 7.70. The fraction of sp³-hybridized carbons (Fsp3) is 0.200. The van der Waals surface area contributed by atoms with Gasteiger partial charge in [0.05, 0.1) is 6.42 Å². The number of aromatic nitrogens is 2. The van der Waals surface area contributed by atoms with E-state index >= 15 is 0 Å². The Morgan fingerprint density at radius 2 is 2.29 bits per heavy atom. The van der Waals surface area contributed by atoms with Crippen molar-refractivity contribution < 1.29 is 4.42 Å². The lowest BCUT2D eigenvalue weighted by Crippen LogP contribution is -1.92. The molecule has 0 amide bonds. The highest BCUT2D eigenvalue weighted by atomic mass is 79.9. The van der Waals surface area contributed by atoms with E-state index in [0.29, 0.717) is 12.3 Å². The van der Waals surface area contributed by atoms with Gasteiger partial charge in [-0.2, -0.15) is 0 Å². The number of hydrogen-bond donors (Lipinski definition) is 0. The van der Waals surface area contributed by atoms with E-state index < -0.39 is 0 Å². The zero-order chi connectivity index (χ0) is 9.97. The molecule has 0 radical (unpaired) electrons. The number of halogens is 1. The highest BCUT2D eigenvalue weighted by Crippen LogP contribution is 2.17. The number of hydrogen-bond acceptors (Lipinski definition) is 3. The fourth-order valence-electron chi connectivity index (χ4n) is 1.29. The van der Waals surface area contributed by atoms with Crippen LogP contribution in [0.15, 0.2) is 33.5 Å². The van der Waals surface area contributed by atoms with Crippen molar-refractivity contribution in [2.75, 3.05) is 0 Å². The molecule has 0 fully saturated rings. The Hall–Kier alpha value is -1.16. The largest absolute Gasteiger partial charge is 0.428 e. The summed E-state index contributed by atoms with van der Waals surface area (Å²) in [6.07, 6.45) is 2.04. The van der Waals surface area contributed by atoms with Crippen LogP contribution in [0.5, 0.6) is 0 Å². The predicted octanol–water partition coefficient (Wildman–Crippen LogP) is 2.73. The molecule has 14 heavy (non-hydrogen) atoms. The topological polar surface area (TPSA) is 38.9 Å². The van der Waals surface area contributed by atoms with Crippen molar-refractivity contribution in [2.24, 2.45) is 0 Å². The Balaban J connectivity index is 2.25. The summed E-state index contributed by atoms with van der Waals surface area (Å²) in [5.41, 5.74) is 2.43. The maximum absolute atomic E-state index is 5.09. The molecule has 1 aromatic heterocycles. The van der Waals surface area contributed by atoms with Crippen LogP contribution < -0.4 is 0 Å². The first-order chi connectivity index (χ1) is 6.75. The molecule has 0 spiro atoms. The Bertz CT molecular complexity index is 426. The van der Waals surface area contributed by atoms with Gasteiger partial charge in [0.15, 0.2) is 0 Å². The first-order valence-corrected chi connectivity index (χ1v) is 5.05. The highest BCUT2D eigenvalue weighted by molar-refractivity contribution is 9.10. The minimum absolute atomic E-state index is 0.649. The SMILES string of the molecule is Cc1cc(Br)ccc1Cc1nnco1. The maximum atomic E-state index is 5.09. The van der Waals surface area contributed by atoms with Crippen LogP contribution in [0.1, 0.15) is 17.0 Å². The van der Waals surface area contributed by atoms with Crippen LogP contribution in [0.2, 0.25) is 0 Å². The van der Waals surface area contributed by atoms with Crippen molar-refractivity contribution >= 4 is 15.9 Å². The van der Waals surface area contributed by atoms with E-state index in [0.717, 1.165) is 4.47 Å². The molecule has 0 saturated carbocycles. The third-order valence-corrected chi connectivity index (χ3v) is 2.54. The second-order valence-corrected chi connectivity index (χ2v) is 4.00. The number of benzene rings is 1. The van der Waals surface area contributed by atoms with Crippen molar-refractivity contribution in [3.8, 4) is 0 Å². The van der Waals surface area contributed by atoms with Crippen molar-refractivity contribution in [1.29, 1.82) is 0 Å². The lowest BCUT2D eigenvalue weighted by atomic mass is 10.1. The maximum Gasteiger partial charge on any atom is 0.220 e. The second-order valence-electron chi connectivity index (χ2n) is 3.08. The molecular weight excluding hydrogens is 244 g/mol. The van der Waals surface area contributed by atoms with Gasteiger partial charge in [-0.15, -0.1) is 10.2 Å². The minimum Gasteiger partial charge on any atom is -0.428 e. The van der Waals surface area contributed by atoms with Gasteiger partial charge in [-0.3, -0.25) is 0 Å². The molecule has 0 aliphatic carbocycles. The standard InChI is InChI=1S/C10H9BrN2O/c1-7-4-9(11)3-2-8(7)5-10-13-12-6-14-10/h2-4,6H,5H2,1H3. The summed E-state index contributed by atoms with van der Waals surface area (Å²) in [5.74, 6) is 0.649. The molecule has 0 N–H and O–H groups in total. The Labute approximate surface area is 90.3 Å². The molecule has 0 saturated heterocycles. The molecule has 0 bridgehead atoms. The average Bonchev–Trinajstić information content (AvgIpc) is 2.62. The smallest absolute Gasteiger partial charge is 0.220 e. The molecule has 3 nitrogen and oxygen atoms in total. The molecule has 0 aliphatic heterocycles. The van der Waals surface area contributed by atoms with Gasteiger partial charge in [0.1, 0.15) is 0 Å². The van der Waals surface area contributed by atoms with Gasteiger partial charge in [0, 0.05) is 4.47 Å². The van der Waals surface area contributed by atoms with E-state index in [1.165, 1.54) is 17.5 Å². The first-order valence-electron chi connectivity index (χ1n) is 4.26. The van der Waals surface area contributed by atoms with Crippen LogP contribution in [-0.2, 0) is 6.42 Å². The van der Waals surface area contributed by atoms with Crippen molar-refractivity contribution in [3.63, 3.8) is 0 Å². The van der Waals surface area contributed by atoms with E-state index in [1.54, 1.807) is 0 Å². The van der Waals surface area contributed by atoms with Gasteiger partial charge < -0.3 is 4.42 Å². The summed E-state index contributed by atoms with van der Waals surface area (Å²) in [6.45, 7) is 2.07. The van der Waals surface area contributed by atoms with Crippen molar-refractivity contribution in [2.45, 2.75) is 13.3 Å². The Kier molecular flexibility index (Phi) is 2.63. The monoisotopic (exact) mass is 252 g/mol. The van der Waals surface area contributed by atoms with Crippen LogP contribution in [0.3, 0.4) is 0 Å². The van der Waals surface area contributed by atoms with Crippen molar-refractivity contribution in [3.05, 3.63) is 46.1 Å². The van der Waals surface area contributed by atoms with Gasteiger partial charge in [0.2, 0.25) is 12.3 Å². The van der Waals surface area contributed by atoms with Crippen LogP contribution in [-0.4, -0.2) is 10.2 Å². The molecule has 1 heterocycles.